The normalized spacial score (nSPS) is 12.6. The molecule has 1 N–H and O–H groups in total. The van der Waals surface area contributed by atoms with E-state index in [4.69, 9.17) is 9.84 Å². The average molecular weight is 294 g/mol. The summed E-state index contributed by atoms with van der Waals surface area (Å²) >= 11 is 4.59. The molecule has 8 heteroatoms. The number of carbonyl (C=O) groups is 1. The zero-order valence-corrected chi connectivity index (χ0v) is 12.0. The number of carboxylic acid groups (broad SMARTS) is 1. The van der Waals surface area contributed by atoms with E-state index in [2.05, 4.69) is 10.2 Å². The van der Waals surface area contributed by atoms with E-state index >= 15 is 0 Å². The minimum Gasteiger partial charge on any atom is -0.479 e. The Bertz CT molecular complexity index is 359. The number of aliphatic carboxylic acids is 1. The van der Waals surface area contributed by atoms with Gasteiger partial charge >= 0.3 is 5.97 Å². The van der Waals surface area contributed by atoms with Crippen LogP contribution in [0, 0.1) is 0 Å². The smallest absolute Gasteiger partial charge is 0.332 e. The molecule has 0 aromatic carbocycles. The van der Waals surface area contributed by atoms with Gasteiger partial charge in [0.15, 0.2) is 14.8 Å². The van der Waals surface area contributed by atoms with Crippen LogP contribution < -0.4 is 0 Å². The summed E-state index contributed by atoms with van der Waals surface area (Å²) in [4.78, 5) is 10.8. The van der Waals surface area contributed by atoms with Crippen molar-refractivity contribution < 1.29 is 14.6 Å². The summed E-state index contributed by atoms with van der Waals surface area (Å²) in [5.74, 6) is -0.241. The van der Waals surface area contributed by atoms with Gasteiger partial charge in [0.2, 0.25) is 0 Å². The predicted molar refractivity (Wildman–Crippen MR) is 70.1 cm³/mol. The maximum atomic E-state index is 10.8. The van der Waals surface area contributed by atoms with Crippen LogP contribution in [0.2, 0.25) is 0 Å². The topological polar surface area (TPSA) is 72.3 Å². The van der Waals surface area contributed by atoms with Crippen molar-refractivity contribution in [3.8, 4) is 0 Å². The highest BCUT2D eigenvalue weighted by molar-refractivity contribution is 8.02. The van der Waals surface area contributed by atoms with Crippen molar-refractivity contribution >= 4 is 40.8 Å². The molecule has 1 unspecified atom stereocenters. The third-order valence-corrected chi connectivity index (χ3v) is 4.88. The van der Waals surface area contributed by atoms with Crippen molar-refractivity contribution in [3.05, 3.63) is 0 Å². The molecule has 0 fully saturated rings. The first-order valence-corrected chi connectivity index (χ1v) is 8.04. The molecule has 17 heavy (non-hydrogen) atoms. The van der Waals surface area contributed by atoms with E-state index in [-0.39, 0.29) is 0 Å². The first kappa shape index (κ1) is 14.7. The fourth-order valence-corrected chi connectivity index (χ4v) is 3.56. The van der Waals surface area contributed by atoms with Gasteiger partial charge in [-0.25, -0.2) is 4.79 Å². The lowest BCUT2D eigenvalue weighted by molar-refractivity contribution is -0.150. The molecule has 0 saturated heterocycles. The summed E-state index contributed by atoms with van der Waals surface area (Å²) in [6.45, 7) is 2.20. The van der Waals surface area contributed by atoms with Gasteiger partial charge in [-0.3, -0.25) is 0 Å². The van der Waals surface area contributed by atoms with Gasteiger partial charge in [0.1, 0.15) is 0 Å². The second-order valence-corrected chi connectivity index (χ2v) is 6.33. The molecule has 96 valence electrons. The number of rotatable bonds is 8. The Morgan fingerprint density at radius 3 is 2.76 bits per heavy atom. The number of carboxylic acids is 1. The van der Waals surface area contributed by atoms with Crippen LogP contribution in [0.15, 0.2) is 8.68 Å². The standard InChI is InChI=1S/C9H14N2O3S3/c1-3-14-6(7(12)13)4-5-16-9-11-10-8(15-2)17-9/h6H,3-5H2,1-2H3,(H,12,13). The lowest BCUT2D eigenvalue weighted by atomic mass is 10.3. The van der Waals surface area contributed by atoms with E-state index in [0.717, 1.165) is 8.68 Å². The monoisotopic (exact) mass is 294 g/mol. The molecule has 0 spiro atoms. The third kappa shape index (κ3) is 5.24. The molecule has 0 radical (unpaired) electrons. The summed E-state index contributed by atoms with van der Waals surface area (Å²) in [5, 5.41) is 16.8. The molecular formula is C9H14N2O3S3. The van der Waals surface area contributed by atoms with Crippen LogP contribution in [0.3, 0.4) is 0 Å². The average Bonchev–Trinajstić information content (AvgIpc) is 2.75. The van der Waals surface area contributed by atoms with E-state index in [0.29, 0.717) is 18.8 Å². The van der Waals surface area contributed by atoms with Gasteiger partial charge in [-0.05, 0) is 19.6 Å². The number of thioether (sulfide) groups is 2. The van der Waals surface area contributed by atoms with Crippen LogP contribution in [-0.2, 0) is 9.53 Å². The van der Waals surface area contributed by atoms with Gasteiger partial charge in [-0.2, -0.15) is 0 Å². The molecule has 0 aliphatic heterocycles. The van der Waals surface area contributed by atoms with Crippen molar-refractivity contribution in [1.82, 2.24) is 10.2 Å². The predicted octanol–water partition coefficient (Wildman–Crippen LogP) is 2.23. The van der Waals surface area contributed by atoms with E-state index in [9.17, 15) is 4.79 Å². The van der Waals surface area contributed by atoms with Gasteiger partial charge in [-0.15, -0.1) is 10.2 Å². The minimum absolute atomic E-state index is 0.414. The van der Waals surface area contributed by atoms with Gasteiger partial charge in [-0.1, -0.05) is 34.9 Å². The third-order valence-electron chi connectivity index (χ3n) is 1.81. The molecule has 0 saturated carbocycles. The molecule has 1 aromatic heterocycles. The van der Waals surface area contributed by atoms with Gasteiger partial charge < -0.3 is 9.84 Å². The first-order chi connectivity index (χ1) is 8.17. The Hall–Kier alpha value is -0.310. The van der Waals surface area contributed by atoms with E-state index in [1.165, 1.54) is 23.1 Å². The second-order valence-electron chi connectivity index (χ2n) is 2.96. The van der Waals surface area contributed by atoms with Crippen molar-refractivity contribution in [3.63, 3.8) is 0 Å². The summed E-state index contributed by atoms with van der Waals surface area (Å²) in [7, 11) is 0. The number of nitrogens with zero attached hydrogens (tertiary/aromatic N) is 2. The molecule has 1 rings (SSSR count). The Labute approximate surface area is 112 Å². The van der Waals surface area contributed by atoms with Crippen molar-refractivity contribution in [2.75, 3.05) is 18.6 Å². The van der Waals surface area contributed by atoms with E-state index < -0.39 is 12.1 Å². The van der Waals surface area contributed by atoms with E-state index in [1.807, 2.05) is 6.26 Å². The van der Waals surface area contributed by atoms with Crippen molar-refractivity contribution in [2.45, 2.75) is 28.1 Å². The molecule has 0 amide bonds. The highest BCUT2D eigenvalue weighted by Crippen LogP contribution is 2.27. The molecule has 0 aliphatic rings. The lowest BCUT2D eigenvalue weighted by Crippen LogP contribution is -2.24. The van der Waals surface area contributed by atoms with Crippen LogP contribution in [0.1, 0.15) is 13.3 Å². The summed E-state index contributed by atoms with van der Waals surface area (Å²) in [6, 6.07) is 0. The summed E-state index contributed by atoms with van der Waals surface area (Å²) in [5.41, 5.74) is 0. The van der Waals surface area contributed by atoms with Gasteiger partial charge in [0.05, 0.1) is 0 Å². The molecule has 1 heterocycles. The van der Waals surface area contributed by atoms with Crippen molar-refractivity contribution in [1.29, 1.82) is 0 Å². The minimum atomic E-state index is -0.908. The fraction of sp³-hybridized carbons (Fsp3) is 0.667. The zero-order chi connectivity index (χ0) is 12.7. The number of ether oxygens (including phenoxy) is 1. The van der Waals surface area contributed by atoms with Gasteiger partial charge in [0, 0.05) is 12.4 Å². The van der Waals surface area contributed by atoms with Gasteiger partial charge in [0.25, 0.3) is 0 Å². The molecule has 1 atom stereocenters. The maximum absolute atomic E-state index is 10.8. The number of hydrogen-bond acceptors (Lipinski definition) is 7. The molecule has 1 aromatic rings. The van der Waals surface area contributed by atoms with Crippen LogP contribution in [0.25, 0.3) is 0 Å². The Morgan fingerprint density at radius 2 is 2.24 bits per heavy atom. The quantitative estimate of drug-likeness (QED) is 0.737. The fourth-order valence-electron chi connectivity index (χ4n) is 1.07. The number of aromatic nitrogens is 2. The maximum Gasteiger partial charge on any atom is 0.332 e. The second kappa shape index (κ2) is 7.91. The highest BCUT2D eigenvalue weighted by atomic mass is 32.2. The van der Waals surface area contributed by atoms with Crippen LogP contribution in [0.4, 0.5) is 0 Å². The zero-order valence-electron chi connectivity index (χ0n) is 9.58. The first-order valence-electron chi connectivity index (χ1n) is 5.02. The SMILES string of the molecule is CCOC(CCSc1nnc(SC)s1)C(=O)O. The summed E-state index contributed by atoms with van der Waals surface area (Å²) in [6.07, 6.45) is 1.70. The van der Waals surface area contributed by atoms with Crippen molar-refractivity contribution in [2.24, 2.45) is 0 Å². The summed E-state index contributed by atoms with van der Waals surface area (Å²) < 4.78 is 6.91. The van der Waals surface area contributed by atoms with Crippen LogP contribution in [0.5, 0.6) is 0 Å². The molecule has 0 aliphatic carbocycles. The molecular weight excluding hydrogens is 280 g/mol. The Morgan fingerprint density at radius 1 is 1.53 bits per heavy atom. The van der Waals surface area contributed by atoms with Crippen LogP contribution in [-0.4, -0.2) is 46.0 Å². The molecule has 0 bridgehead atoms. The largest absolute Gasteiger partial charge is 0.479 e. The lowest BCUT2D eigenvalue weighted by Gasteiger charge is -2.10. The number of hydrogen-bond donors (Lipinski definition) is 1. The molecule has 5 nitrogen and oxygen atoms in total. The Balaban J connectivity index is 2.32. The van der Waals surface area contributed by atoms with Crippen LogP contribution >= 0.6 is 34.9 Å². The highest BCUT2D eigenvalue weighted by Gasteiger charge is 2.17. The Kier molecular flexibility index (Phi) is 6.86. The van der Waals surface area contributed by atoms with E-state index in [1.54, 1.807) is 18.7 Å².